The fourth-order valence-corrected chi connectivity index (χ4v) is 3.56. The SMILES string of the molecule is Cc1nnc(SCC(=O)Nc2c(C#N)cnn2-c2ccccc2)s1. The number of nitrogens with zero attached hydrogens (tertiary/aromatic N) is 5. The third kappa shape index (κ3) is 3.61. The van der Waals surface area contributed by atoms with Crippen molar-refractivity contribution in [2.24, 2.45) is 0 Å². The van der Waals surface area contributed by atoms with Crippen molar-refractivity contribution in [1.82, 2.24) is 20.0 Å². The van der Waals surface area contributed by atoms with Crippen LogP contribution in [0.3, 0.4) is 0 Å². The van der Waals surface area contributed by atoms with Crippen LogP contribution < -0.4 is 5.32 Å². The zero-order valence-corrected chi connectivity index (χ0v) is 14.3. The van der Waals surface area contributed by atoms with Gasteiger partial charge in [0.25, 0.3) is 0 Å². The molecule has 24 heavy (non-hydrogen) atoms. The molecule has 0 fully saturated rings. The molecule has 0 saturated carbocycles. The number of thioether (sulfide) groups is 1. The average Bonchev–Trinajstić information content (AvgIpc) is 3.20. The average molecular weight is 356 g/mol. The van der Waals surface area contributed by atoms with E-state index in [0.29, 0.717) is 11.4 Å². The van der Waals surface area contributed by atoms with Gasteiger partial charge < -0.3 is 5.32 Å². The van der Waals surface area contributed by atoms with Crippen LogP contribution in [0.4, 0.5) is 5.82 Å². The molecule has 0 atom stereocenters. The Balaban J connectivity index is 1.75. The van der Waals surface area contributed by atoms with Gasteiger partial charge >= 0.3 is 0 Å². The number of aromatic nitrogens is 4. The molecule has 0 aliphatic heterocycles. The summed E-state index contributed by atoms with van der Waals surface area (Å²) in [5.41, 5.74) is 1.07. The Labute approximate surface area is 146 Å². The van der Waals surface area contributed by atoms with Crippen LogP contribution >= 0.6 is 23.1 Å². The van der Waals surface area contributed by atoms with Gasteiger partial charge in [0, 0.05) is 0 Å². The van der Waals surface area contributed by atoms with E-state index in [2.05, 4.69) is 20.6 Å². The highest BCUT2D eigenvalue weighted by Crippen LogP contribution is 2.23. The normalized spacial score (nSPS) is 10.3. The van der Waals surface area contributed by atoms with Crippen molar-refractivity contribution in [2.75, 3.05) is 11.1 Å². The standard InChI is InChI=1S/C15H12N6OS2/c1-10-19-20-15(24-10)23-9-13(22)18-14-11(7-16)8-17-21(14)12-5-3-2-4-6-12/h2-6,8H,9H2,1H3,(H,18,22). The predicted octanol–water partition coefficient (Wildman–Crippen LogP) is 2.63. The van der Waals surface area contributed by atoms with Gasteiger partial charge in [0.1, 0.15) is 16.6 Å². The molecular weight excluding hydrogens is 344 g/mol. The first kappa shape index (κ1) is 16.2. The van der Waals surface area contributed by atoms with Gasteiger partial charge in [-0.2, -0.15) is 10.4 Å². The maximum atomic E-state index is 12.2. The lowest BCUT2D eigenvalue weighted by Gasteiger charge is -2.09. The van der Waals surface area contributed by atoms with E-state index < -0.39 is 0 Å². The van der Waals surface area contributed by atoms with Gasteiger partial charge in [0.05, 0.1) is 17.6 Å². The van der Waals surface area contributed by atoms with Crippen molar-refractivity contribution in [1.29, 1.82) is 5.26 Å². The van der Waals surface area contributed by atoms with E-state index in [4.69, 9.17) is 0 Å². The largest absolute Gasteiger partial charge is 0.309 e. The van der Waals surface area contributed by atoms with E-state index in [0.717, 1.165) is 15.0 Å². The second kappa shape index (κ2) is 7.25. The van der Waals surface area contributed by atoms with Gasteiger partial charge in [-0.15, -0.1) is 10.2 Å². The fraction of sp³-hybridized carbons (Fsp3) is 0.133. The van der Waals surface area contributed by atoms with Gasteiger partial charge in [0.2, 0.25) is 5.91 Å². The molecule has 2 aromatic heterocycles. The van der Waals surface area contributed by atoms with Crippen LogP contribution in [0.25, 0.3) is 5.69 Å². The minimum Gasteiger partial charge on any atom is -0.309 e. The number of carbonyl (C=O) groups is 1. The van der Waals surface area contributed by atoms with Crippen LogP contribution in [0, 0.1) is 18.3 Å². The minimum absolute atomic E-state index is 0.180. The Morgan fingerprint density at radius 3 is 2.83 bits per heavy atom. The van der Waals surface area contributed by atoms with E-state index in [1.54, 1.807) is 0 Å². The number of aryl methyl sites for hydroxylation is 1. The lowest BCUT2D eigenvalue weighted by atomic mass is 10.3. The van der Waals surface area contributed by atoms with Gasteiger partial charge in [0.15, 0.2) is 10.2 Å². The molecule has 0 radical (unpaired) electrons. The summed E-state index contributed by atoms with van der Waals surface area (Å²) in [5.74, 6) is 0.309. The molecule has 0 aliphatic carbocycles. The highest BCUT2D eigenvalue weighted by Gasteiger charge is 2.15. The van der Waals surface area contributed by atoms with Crippen LogP contribution in [0.5, 0.6) is 0 Å². The third-order valence-corrected chi connectivity index (χ3v) is 4.95. The minimum atomic E-state index is -0.234. The van der Waals surface area contributed by atoms with Crippen molar-refractivity contribution in [3.63, 3.8) is 0 Å². The number of benzene rings is 1. The van der Waals surface area contributed by atoms with E-state index >= 15 is 0 Å². The third-order valence-electron chi connectivity index (χ3n) is 2.98. The highest BCUT2D eigenvalue weighted by molar-refractivity contribution is 8.01. The molecular formula is C15H12N6OS2. The first-order valence-electron chi connectivity index (χ1n) is 6.93. The molecule has 0 spiro atoms. The number of para-hydroxylation sites is 1. The first-order chi connectivity index (χ1) is 11.7. The number of nitriles is 1. The van der Waals surface area contributed by atoms with Gasteiger partial charge in [-0.05, 0) is 19.1 Å². The Morgan fingerprint density at radius 1 is 1.38 bits per heavy atom. The molecule has 0 unspecified atom stereocenters. The Hall–Kier alpha value is -2.70. The van der Waals surface area contributed by atoms with E-state index in [9.17, 15) is 10.1 Å². The number of hydrogen-bond acceptors (Lipinski definition) is 7. The van der Waals surface area contributed by atoms with Gasteiger partial charge in [-0.3, -0.25) is 4.79 Å². The molecule has 2 heterocycles. The van der Waals surface area contributed by atoms with Crippen LogP contribution in [0.2, 0.25) is 0 Å². The molecule has 0 aliphatic rings. The second-order valence-corrected chi connectivity index (χ2v) is 7.09. The first-order valence-corrected chi connectivity index (χ1v) is 8.74. The summed E-state index contributed by atoms with van der Waals surface area (Å²) in [6, 6.07) is 11.4. The number of nitrogens with one attached hydrogen (secondary N) is 1. The number of rotatable bonds is 5. The predicted molar refractivity (Wildman–Crippen MR) is 92.3 cm³/mol. The van der Waals surface area contributed by atoms with Gasteiger partial charge in [-0.1, -0.05) is 41.3 Å². The Kier molecular flexibility index (Phi) is 4.88. The summed E-state index contributed by atoms with van der Waals surface area (Å²) in [6.45, 7) is 1.86. The molecule has 3 aromatic rings. The Morgan fingerprint density at radius 2 is 2.17 bits per heavy atom. The van der Waals surface area contributed by atoms with E-state index in [1.807, 2.05) is 43.3 Å². The molecule has 0 bridgehead atoms. The summed E-state index contributed by atoms with van der Waals surface area (Å²) >= 11 is 2.74. The molecule has 1 N–H and O–H groups in total. The van der Waals surface area contributed by atoms with Crippen LogP contribution in [0.1, 0.15) is 10.6 Å². The van der Waals surface area contributed by atoms with Crippen molar-refractivity contribution >= 4 is 34.8 Å². The molecule has 120 valence electrons. The van der Waals surface area contributed by atoms with Crippen LogP contribution in [-0.2, 0) is 4.79 Å². The fourth-order valence-electron chi connectivity index (χ4n) is 1.95. The maximum Gasteiger partial charge on any atom is 0.236 e. The molecule has 1 aromatic carbocycles. The van der Waals surface area contributed by atoms with E-state index in [1.165, 1.54) is 34.0 Å². The van der Waals surface area contributed by atoms with Crippen molar-refractivity contribution in [2.45, 2.75) is 11.3 Å². The van der Waals surface area contributed by atoms with Crippen molar-refractivity contribution in [3.8, 4) is 11.8 Å². The van der Waals surface area contributed by atoms with Crippen molar-refractivity contribution < 1.29 is 4.79 Å². The number of hydrogen-bond donors (Lipinski definition) is 1. The van der Waals surface area contributed by atoms with Crippen LogP contribution in [-0.4, -0.2) is 31.6 Å². The van der Waals surface area contributed by atoms with Crippen LogP contribution in [0.15, 0.2) is 40.9 Å². The summed E-state index contributed by atoms with van der Waals surface area (Å²) in [7, 11) is 0. The zero-order valence-electron chi connectivity index (χ0n) is 12.6. The summed E-state index contributed by atoms with van der Waals surface area (Å²) in [6.07, 6.45) is 1.43. The zero-order chi connectivity index (χ0) is 16.9. The maximum absolute atomic E-state index is 12.2. The summed E-state index contributed by atoms with van der Waals surface area (Å²) < 4.78 is 2.27. The summed E-state index contributed by atoms with van der Waals surface area (Å²) in [4.78, 5) is 12.2. The lowest BCUT2D eigenvalue weighted by Crippen LogP contribution is -2.17. The Bertz CT molecular complexity index is 896. The quantitative estimate of drug-likeness (QED) is 0.706. The molecule has 9 heteroatoms. The highest BCUT2D eigenvalue weighted by atomic mass is 32.2. The molecule has 0 saturated heterocycles. The number of anilines is 1. The number of amides is 1. The lowest BCUT2D eigenvalue weighted by molar-refractivity contribution is -0.113. The number of carbonyl (C=O) groups excluding carboxylic acids is 1. The smallest absolute Gasteiger partial charge is 0.236 e. The molecule has 7 nitrogen and oxygen atoms in total. The summed E-state index contributed by atoms with van der Waals surface area (Å²) in [5, 5.41) is 24.9. The monoisotopic (exact) mass is 356 g/mol. The van der Waals surface area contributed by atoms with E-state index in [-0.39, 0.29) is 11.7 Å². The second-order valence-electron chi connectivity index (χ2n) is 4.69. The van der Waals surface area contributed by atoms with Crippen molar-refractivity contribution in [3.05, 3.63) is 47.1 Å². The topological polar surface area (TPSA) is 96.5 Å². The van der Waals surface area contributed by atoms with Gasteiger partial charge in [-0.25, -0.2) is 4.68 Å². The molecule has 3 rings (SSSR count). The molecule has 1 amide bonds.